The molecule has 2 aromatic rings. The van der Waals surface area contributed by atoms with E-state index in [0.717, 1.165) is 19.5 Å². The van der Waals surface area contributed by atoms with Gasteiger partial charge in [-0.25, -0.2) is 0 Å². The zero-order chi connectivity index (χ0) is 17.8. The topological polar surface area (TPSA) is 37.3 Å². The fourth-order valence-electron chi connectivity index (χ4n) is 4.01. The largest absolute Gasteiger partial charge is 0.355 e. The number of carbonyl (C=O) groups excluding carboxylic acids is 1. The molecule has 1 aromatic carbocycles. The molecule has 1 fully saturated rings. The maximum Gasteiger partial charge on any atom is 0.220 e. The van der Waals surface area contributed by atoms with Gasteiger partial charge in [-0.05, 0) is 57.8 Å². The highest BCUT2D eigenvalue weighted by Crippen LogP contribution is 2.25. The lowest BCUT2D eigenvalue weighted by Gasteiger charge is -2.22. The summed E-state index contributed by atoms with van der Waals surface area (Å²) in [6.07, 6.45) is 6.04. The maximum absolute atomic E-state index is 12.3. The SMILES string of the molecule is CCN1CCCC1CNC(=O)CCc1cn(C(C)C)c2ccccc12. The monoisotopic (exact) mass is 341 g/mol. The highest BCUT2D eigenvalue weighted by Gasteiger charge is 2.23. The third-order valence-electron chi connectivity index (χ3n) is 5.44. The van der Waals surface area contributed by atoms with E-state index in [9.17, 15) is 4.79 Å². The summed E-state index contributed by atoms with van der Waals surface area (Å²) < 4.78 is 2.31. The molecule has 3 rings (SSSR count). The van der Waals surface area contributed by atoms with Gasteiger partial charge in [0.15, 0.2) is 0 Å². The predicted molar refractivity (Wildman–Crippen MR) is 104 cm³/mol. The van der Waals surface area contributed by atoms with Crippen LogP contribution < -0.4 is 5.32 Å². The summed E-state index contributed by atoms with van der Waals surface area (Å²) in [6, 6.07) is 9.44. The van der Waals surface area contributed by atoms with Crippen LogP contribution in [0.3, 0.4) is 0 Å². The molecule has 0 aliphatic carbocycles. The number of benzene rings is 1. The van der Waals surface area contributed by atoms with Crippen molar-refractivity contribution in [3.05, 3.63) is 36.0 Å². The first-order valence-corrected chi connectivity index (χ1v) is 9.69. The number of hydrogen-bond donors (Lipinski definition) is 1. The normalized spacial score (nSPS) is 18.3. The molecule has 0 radical (unpaired) electrons. The summed E-state index contributed by atoms with van der Waals surface area (Å²) in [4.78, 5) is 14.8. The van der Waals surface area contributed by atoms with Crippen LogP contribution >= 0.6 is 0 Å². The van der Waals surface area contributed by atoms with Crippen molar-refractivity contribution in [1.82, 2.24) is 14.8 Å². The molecule has 4 heteroatoms. The molecular formula is C21H31N3O. The number of amides is 1. The van der Waals surface area contributed by atoms with Gasteiger partial charge < -0.3 is 9.88 Å². The standard InChI is InChI=1S/C21H31N3O/c1-4-23-13-7-8-18(23)14-22-21(25)12-11-17-15-24(16(2)3)20-10-6-5-9-19(17)20/h5-6,9-10,15-16,18H,4,7-8,11-14H2,1-3H3,(H,22,25). The molecule has 1 aliphatic rings. The van der Waals surface area contributed by atoms with E-state index in [-0.39, 0.29) is 5.91 Å². The zero-order valence-corrected chi connectivity index (χ0v) is 15.8. The van der Waals surface area contributed by atoms with Crippen molar-refractivity contribution in [2.75, 3.05) is 19.6 Å². The van der Waals surface area contributed by atoms with E-state index in [1.54, 1.807) is 0 Å². The molecule has 1 amide bonds. The van der Waals surface area contributed by atoms with E-state index < -0.39 is 0 Å². The van der Waals surface area contributed by atoms with Crippen molar-refractivity contribution in [1.29, 1.82) is 0 Å². The van der Waals surface area contributed by atoms with Gasteiger partial charge in [-0.1, -0.05) is 25.1 Å². The summed E-state index contributed by atoms with van der Waals surface area (Å²) in [7, 11) is 0. The molecule has 1 atom stereocenters. The van der Waals surface area contributed by atoms with E-state index >= 15 is 0 Å². The summed E-state index contributed by atoms with van der Waals surface area (Å²) in [6.45, 7) is 9.64. The lowest BCUT2D eigenvalue weighted by Crippen LogP contribution is -2.40. The summed E-state index contributed by atoms with van der Waals surface area (Å²) in [5.41, 5.74) is 2.54. The Kier molecular flexibility index (Phi) is 5.79. The second kappa shape index (κ2) is 8.05. The number of fused-ring (bicyclic) bond motifs is 1. The van der Waals surface area contributed by atoms with Crippen molar-refractivity contribution >= 4 is 16.8 Å². The number of nitrogens with zero attached hydrogens (tertiary/aromatic N) is 2. The van der Waals surface area contributed by atoms with Crippen molar-refractivity contribution in [3.8, 4) is 0 Å². The van der Waals surface area contributed by atoms with Crippen LogP contribution in [0.1, 0.15) is 51.6 Å². The first kappa shape index (κ1) is 18.0. The number of nitrogens with one attached hydrogen (secondary N) is 1. The Morgan fingerprint density at radius 1 is 1.32 bits per heavy atom. The predicted octanol–water partition coefficient (Wildman–Crippen LogP) is 3.76. The smallest absolute Gasteiger partial charge is 0.220 e. The van der Waals surface area contributed by atoms with Gasteiger partial charge in [0.1, 0.15) is 0 Å². The first-order chi connectivity index (χ1) is 12.1. The van der Waals surface area contributed by atoms with Crippen LogP contribution in [0.15, 0.2) is 30.5 Å². The van der Waals surface area contributed by atoms with E-state index in [1.807, 2.05) is 0 Å². The van der Waals surface area contributed by atoms with E-state index in [0.29, 0.717) is 18.5 Å². The molecule has 25 heavy (non-hydrogen) atoms. The second-order valence-corrected chi connectivity index (χ2v) is 7.40. The Bertz CT molecular complexity index is 719. The number of para-hydroxylation sites is 1. The lowest BCUT2D eigenvalue weighted by atomic mass is 10.1. The lowest BCUT2D eigenvalue weighted by molar-refractivity contribution is -0.121. The van der Waals surface area contributed by atoms with Gasteiger partial charge in [0.25, 0.3) is 0 Å². The van der Waals surface area contributed by atoms with Gasteiger partial charge in [0, 0.05) is 42.1 Å². The summed E-state index contributed by atoms with van der Waals surface area (Å²) >= 11 is 0. The van der Waals surface area contributed by atoms with Crippen LogP contribution in [-0.4, -0.2) is 41.1 Å². The molecule has 0 saturated carbocycles. The number of carbonyl (C=O) groups is 1. The van der Waals surface area contributed by atoms with Crippen LogP contribution in [0, 0.1) is 0 Å². The van der Waals surface area contributed by atoms with Crippen LogP contribution in [-0.2, 0) is 11.2 Å². The van der Waals surface area contributed by atoms with E-state index in [4.69, 9.17) is 0 Å². The van der Waals surface area contributed by atoms with Gasteiger partial charge in [-0.15, -0.1) is 0 Å². The second-order valence-electron chi connectivity index (χ2n) is 7.40. The van der Waals surface area contributed by atoms with Crippen molar-refractivity contribution in [2.24, 2.45) is 0 Å². The highest BCUT2D eigenvalue weighted by atomic mass is 16.1. The molecule has 136 valence electrons. The third kappa shape index (κ3) is 4.06. The molecule has 1 saturated heterocycles. The Labute approximate surface area is 151 Å². The number of likely N-dealkylation sites (tertiary alicyclic amines) is 1. The minimum atomic E-state index is 0.171. The molecule has 4 nitrogen and oxygen atoms in total. The number of hydrogen-bond acceptors (Lipinski definition) is 2. The molecule has 1 unspecified atom stereocenters. The molecule has 0 spiro atoms. The fourth-order valence-corrected chi connectivity index (χ4v) is 4.01. The fraction of sp³-hybridized carbons (Fsp3) is 0.571. The average Bonchev–Trinajstić information content (AvgIpc) is 3.22. The van der Waals surface area contributed by atoms with Crippen LogP contribution in [0.4, 0.5) is 0 Å². The van der Waals surface area contributed by atoms with E-state index in [1.165, 1.54) is 35.9 Å². The number of aryl methyl sites for hydroxylation is 1. The molecule has 2 heterocycles. The van der Waals surface area contributed by atoms with Crippen LogP contribution in [0.5, 0.6) is 0 Å². The molecule has 1 aromatic heterocycles. The number of aromatic nitrogens is 1. The summed E-state index contributed by atoms with van der Waals surface area (Å²) in [5.74, 6) is 0.171. The molecular weight excluding hydrogens is 310 g/mol. The quantitative estimate of drug-likeness (QED) is 0.833. The van der Waals surface area contributed by atoms with Crippen molar-refractivity contribution < 1.29 is 4.79 Å². The maximum atomic E-state index is 12.3. The summed E-state index contributed by atoms with van der Waals surface area (Å²) in [5, 5.41) is 4.42. The zero-order valence-electron chi connectivity index (χ0n) is 15.8. The Morgan fingerprint density at radius 3 is 2.88 bits per heavy atom. The Balaban J connectivity index is 1.58. The first-order valence-electron chi connectivity index (χ1n) is 9.69. The van der Waals surface area contributed by atoms with Gasteiger partial charge in [0.05, 0.1) is 0 Å². The van der Waals surface area contributed by atoms with Gasteiger partial charge in [-0.2, -0.15) is 0 Å². The minimum absolute atomic E-state index is 0.171. The molecule has 1 aliphatic heterocycles. The van der Waals surface area contributed by atoms with Gasteiger partial charge in [0.2, 0.25) is 5.91 Å². The molecule has 1 N–H and O–H groups in total. The Morgan fingerprint density at radius 2 is 2.12 bits per heavy atom. The van der Waals surface area contributed by atoms with Gasteiger partial charge >= 0.3 is 0 Å². The molecule has 0 bridgehead atoms. The highest BCUT2D eigenvalue weighted by molar-refractivity contribution is 5.85. The Hall–Kier alpha value is -1.81. The number of likely N-dealkylation sites (N-methyl/N-ethyl adjacent to an activating group) is 1. The van der Waals surface area contributed by atoms with Crippen LogP contribution in [0.2, 0.25) is 0 Å². The van der Waals surface area contributed by atoms with Crippen molar-refractivity contribution in [3.63, 3.8) is 0 Å². The third-order valence-corrected chi connectivity index (χ3v) is 5.44. The van der Waals surface area contributed by atoms with Crippen molar-refractivity contribution in [2.45, 2.75) is 58.5 Å². The van der Waals surface area contributed by atoms with Crippen LogP contribution in [0.25, 0.3) is 10.9 Å². The number of rotatable bonds is 7. The average molecular weight is 341 g/mol. The minimum Gasteiger partial charge on any atom is -0.355 e. The van der Waals surface area contributed by atoms with E-state index in [2.05, 4.69) is 66.0 Å². The van der Waals surface area contributed by atoms with Gasteiger partial charge in [-0.3, -0.25) is 9.69 Å².